The van der Waals surface area contributed by atoms with E-state index in [9.17, 15) is 0 Å². The van der Waals surface area contributed by atoms with E-state index in [-0.39, 0.29) is 0 Å². The molecule has 0 atom stereocenters. The Labute approximate surface area is 84.2 Å². The largest absolute Gasteiger partial charge is 0.337 e. The highest BCUT2D eigenvalue weighted by Crippen LogP contribution is 2.21. The van der Waals surface area contributed by atoms with Crippen molar-refractivity contribution in [3.8, 4) is 11.3 Å². The minimum absolute atomic E-state index is 1.01. The molecule has 0 fully saturated rings. The number of hydrogen-bond donors (Lipinski definition) is 0. The fourth-order valence-corrected chi connectivity index (χ4v) is 1.71. The predicted octanol–water partition coefficient (Wildman–Crippen LogP) is 2.65. The van der Waals surface area contributed by atoms with Crippen molar-refractivity contribution in [2.24, 2.45) is 7.05 Å². The molecule has 2 aromatic rings. The Balaban J connectivity index is 2.52. The smallest absolute Gasteiger partial charge is 0.0953 e. The highest BCUT2D eigenvalue weighted by Gasteiger charge is 2.07. The van der Waals surface area contributed by atoms with Crippen molar-refractivity contribution in [2.45, 2.75) is 13.3 Å². The fraction of sp³-hybridized carbons (Fsp3) is 0.250. The SMILES string of the molecule is CCc1c(-c2ccccc2)ncn1C. The second-order valence-corrected chi connectivity index (χ2v) is 3.37. The van der Waals surface area contributed by atoms with Crippen LogP contribution in [0.1, 0.15) is 12.6 Å². The van der Waals surface area contributed by atoms with Crippen molar-refractivity contribution in [2.75, 3.05) is 0 Å². The maximum Gasteiger partial charge on any atom is 0.0953 e. The lowest BCUT2D eigenvalue weighted by atomic mass is 10.1. The Morgan fingerprint density at radius 1 is 1.21 bits per heavy atom. The molecule has 1 aromatic heterocycles. The van der Waals surface area contributed by atoms with Crippen LogP contribution in [0.2, 0.25) is 0 Å². The number of aryl methyl sites for hydroxylation is 1. The summed E-state index contributed by atoms with van der Waals surface area (Å²) in [4.78, 5) is 4.42. The molecule has 0 N–H and O–H groups in total. The van der Waals surface area contributed by atoms with Gasteiger partial charge in [-0.3, -0.25) is 0 Å². The van der Waals surface area contributed by atoms with E-state index in [2.05, 4.69) is 28.6 Å². The molecule has 0 amide bonds. The summed E-state index contributed by atoms with van der Waals surface area (Å²) in [6.07, 6.45) is 2.89. The van der Waals surface area contributed by atoms with Crippen molar-refractivity contribution in [1.29, 1.82) is 0 Å². The third-order valence-corrected chi connectivity index (χ3v) is 2.44. The zero-order chi connectivity index (χ0) is 9.97. The Bertz CT molecular complexity index is 415. The Kier molecular flexibility index (Phi) is 2.35. The van der Waals surface area contributed by atoms with Gasteiger partial charge in [0, 0.05) is 18.3 Å². The second-order valence-electron chi connectivity index (χ2n) is 3.37. The molecule has 0 saturated carbocycles. The molecule has 14 heavy (non-hydrogen) atoms. The first-order valence-corrected chi connectivity index (χ1v) is 4.88. The second kappa shape index (κ2) is 3.66. The number of imidazole rings is 1. The van der Waals surface area contributed by atoms with Crippen LogP contribution in [0.3, 0.4) is 0 Å². The van der Waals surface area contributed by atoms with Gasteiger partial charge in [0.1, 0.15) is 0 Å². The van der Waals surface area contributed by atoms with Crippen LogP contribution in [0.25, 0.3) is 11.3 Å². The molecule has 0 aliphatic carbocycles. The van der Waals surface area contributed by atoms with E-state index >= 15 is 0 Å². The standard InChI is InChI=1S/C12H14N2/c1-3-11-12(13-9-14(11)2)10-7-5-4-6-8-10/h4-9H,3H2,1-2H3. The summed E-state index contributed by atoms with van der Waals surface area (Å²) in [6.45, 7) is 2.16. The fourth-order valence-electron chi connectivity index (χ4n) is 1.71. The maximum atomic E-state index is 4.42. The van der Waals surface area contributed by atoms with Gasteiger partial charge in [0.25, 0.3) is 0 Å². The lowest BCUT2D eigenvalue weighted by Crippen LogP contribution is -1.94. The van der Waals surface area contributed by atoms with Crippen LogP contribution in [0.4, 0.5) is 0 Å². The summed E-state index contributed by atoms with van der Waals surface area (Å²) in [5, 5.41) is 0. The van der Waals surface area contributed by atoms with Crippen molar-refractivity contribution >= 4 is 0 Å². The summed E-state index contributed by atoms with van der Waals surface area (Å²) in [5.41, 5.74) is 3.59. The zero-order valence-electron chi connectivity index (χ0n) is 8.57. The highest BCUT2D eigenvalue weighted by molar-refractivity contribution is 5.61. The summed E-state index contributed by atoms with van der Waals surface area (Å²) in [6, 6.07) is 10.3. The van der Waals surface area contributed by atoms with Crippen LogP contribution < -0.4 is 0 Å². The number of aromatic nitrogens is 2. The van der Waals surface area contributed by atoms with Gasteiger partial charge < -0.3 is 4.57 Å². The first-order chi connectivity index (χ1) is 6.83. The first kappa shape index (κ1) is 9.00. The molecule has 0 aliphatic rings. The van der Waals surface area contributed by atoms with Crippen molar-refractivity contribution in [1.82, 2.24) is 9.55 Å². The van der Waals surface area contributed by atoms with Crippen molar-refractivity contribution in [3.63, 3.8) is 0 Å². The molecular weight excluding hydrogens is 172 g/mol. The molecule has 0 saturated heterocycles. The van der Waals surface area contributed by atoms with Crippen molar-refractivity contribution in [3.05, 3.63) is 42.4 Å². The Morgan fingerprint density at radius 2 is 1.93 bits per heavy atom. The molecule has 0 bridgehead atoms. The van der Waals surface area contributed by atoms with Gasteiger partial charge in [0.15, 0.2) is 0 Å². The normalized spacial score (nSPS) is 10.4. The van der Waals surface area contributed by atoms with Gasteiger partial charge in [0.2, 0.25) is 0 Å². The predicted molar refractivity (Wildman–Crippen MR) is 58.0 cm³/mol. The van der Waals surface area contributed by atoms with E-state index in [0.717, 1.165) is 12.1 Å². The molecule has 2 heteroatoms. The van der Waals surface area contributed by atoms with Crippen LogP contribution in [-0.2, 0) is 13.5 Å². The monoisotopic (exact) mass is 186 g/mol. The quantitative estimate of drug-likeness (QED) is 0.705. The highest BCUT2D eigenvalue weighted by atomic mass is 15.0. The summed E-state index contributed by atoms with van der Waals surface area (Å²) in [7, 11) is 2.04. The van der Waals surface area contributed by atoms with Crippen LogP contribution in [0, 0.1) is 0 Å². The van der Waals surface area contributed by atoms with E-state index < -0.39 is 0 Å². The van der Waals surface area contributed by atoms with Gasteiger partial charge in [-0.25, -0.2) is 4.98 Å². The first-order valence-electron chi connectivity index (χ1n) is 4.88. The number of nitrogens with zero attached hydrogens (tertiary/aromatic N) is 2. The Morgan fingerprint density at radius 3 is 2.57 bits per heavy atom. The van der Waals surface area contributed by atoms with E-state index in [4.69, 9.17) is 0 Å². The maximum absolute atomic E-state index is 4.42. The number of rotatable bonds is 2. The van der Waals surface area contributed by atoms with E-state index in [1.807, 2.05) is 31.6 Å². The summed E-state index contributed by atoms with van der Waals surface area (Å²) in [5.74, 6) is 0. The third kappa shape index (κ3) is 1.43. The average Bonchev–Trinajstić information content (AvgIpc) is 2.61. The number of hydrogen-bond acceptors (Lipinski definition) is 1. The van der Waals surface area contributed by atoms with Gasteiger partial charge in [-0.1, -0.05) is 37.3 Å². The van der Waals surface area contributed by atoms with E-state index in [1.165, 1.54) is 11.3 Å². The van der Waals surface area contributed by atoms with Crippen LogP contribution >= 0.6 is 0 Å². The van der Waals surface area contributed by atoms with Crippen LogP contribution in [-0.4, -0.2) is 9.55 Å². The average molecular weight is 186 g/mol. The topological polar surface area (TPSA) is 17.8 Å². The summed E-state index contributed by atoms with van der Waals surface area (Å²) >= 11 is 0. The lowest BCUT2D eigenvalue weighted by molar-refractivity contribution is 0.834. The van der Waals surface area contributed by atoms with Gasteiger partial charge >= 0.3 is 0 Å². The van der Waals surface area contributed by atoms with Crippen molar-refractivity contribution < 1.29 is 0 Å². The zero-order valence-corrected chi connectivity index (χ0v) is 8.57. The van der Waals surface area contributed by atoms with Crippen LogP contribution in [0.15, 0.2) is 36.7 Å². The summed E-state index contributed by atoms with van der Waals surface area (Å²) < 4.78 is 2.09. The van der Waals surface area contributed by atoms with Gasteiger partial charge in [0.05, 0.1) is 12.0 Å². The number of benzene rings is 1. The molecule has 2 rings (SSSR count). The molecule has 0 radical (unpaired) electrons. The molecule has 0 aliphatic heterocycles. The molecule has 2 nitrogen and oxygen atoms in total. The van der Waals surface area contributed by atoms with Gasteiger partial charge in [-0.15, -0.1) is 0 Å². The molecule has 0 spiro atoms. The minimum atomic E-state index is 1.01. The van der Waals surface area contributed by atoms with Crippen LogP contribution in [0.5, 0.6) is 0 Å². The molecule has 1 aromatic carbocycles. The minimum Gasteiger partial charge on any atom is -0.337 e. The van der Waals surface area contributed by atoms with Gasteiger partial charge in [-0.2, -0.15) is 0 Å². The van der Waals surface area contributed by atoms with Gasteiger partial charge in [-0.05, 0) is 6.42 Å². The molecule has 1 heterocycles. The molecular formula is C12H14N2. The third-order valence-electron chi connectivity index (χ3n) is 2.44. The lowest BCUT2D eigenvalue weighted by Gasteiger charge is -2.02. The molecule has 72 valence electrons. The van der Waals surface area contributed by atoms with E-state index in [1.54, 1.807) is 0 Å². The van der Waals surface area contributed by atoms with E-state index in [0.29, 0.717) is 0 Å². The molecule has 0 unspecified atom stereocenters. The Hall–Kier alpha value is -1.57.